The van der Waals surface area contributed by atoms with E-state index in [2.05, 4.69) is 10.4 Å². The van der Waals surface area contributed by atoms with Gasteiger partial charge in [0, 0.05) is 30.4 Å². The monoisotopic (exact) mass is 257 g/mol. The highest BCUT2D eigenvalue weighted by Crippen LogP contribution is 2.12. The maximum Gasteiger partial charge on any atom is 0.251 e. The van der Waals surface area contributed by atoms with Crippen LogP contribution in [0.5, 0.6) is 0 Å². The van der Waals surface area contributed by atoms with E-state index in [1.54, 1.807) is 0 Å². The molecule has 1 N–H and O–H groups in total. The first kappa shape index (κ1) is 13.3. The van der Waals surface area contributed by atoms with Crippen molar-refractivity contribution >= 4 is 5.91 Å². The van der Waals surface area contributed by atoms with Gasteiger partial charge in [0.2, 0.25) is 0 Å². The number of carbonyl (C=O) groups excluding carboxylic acids is 1. The molecule has 19 heavy (non-hydrogen) atoms. The van der Waals surface area contributed by atoms with Gasteiger partial charge in [-0.15, -0.1) is 0 Å². The van der Waals surface area contributed by atoms with Crippen molar-refractivity contribution in [2.24, 2.45) is 7.05 Å². The molecule has 100 valence electrons. The largest absolute Gasteiger partial charge is 0.348 e. The lowest BCUT2D eigenvalue weighted by atomic mass is 10.1. The first-order chi connectivity index (χ1) is 8.99. The zero-order valence-electron chi connectivity index (χ0n) is 11.8. The molecule has 0 aliphatic rings. The van der Waals surface area contributed by atoms with Crippen LogP contribution in [0.25, 0.3) is 0 Å². The standard InChI is InChI=1S/C15H19N3O/c1-10-6-5-7-13(8-10)15(19)16-9-14-11(2)17-18(4)12(14)3/h5-8H,9H2,1-4H3,(H,16,19). The quantitative estimate of drug-likeness (QED) is 0.917. The zero-order chi connectivity index (χ0) is 14.0. The van der Waals surface area contributed by atoms with E-state index in [1.165, 1.54) is 0 Å². The van der Waals surface area contributed by atoms with Crippen LogP contribution < -0.4 is 5.32 Å². The van der Waals surface area contributed by atoms with E-state index in [0.717, 1.165) is 22.5 Å². The Hall–Kier alpha value is -2.10. The molecule has 0 saturated carbocycles. The van der Waals surface area contributed by atoms with Gasteiger partial charge in [-0.25, -0.2) is 0 Å². The van der Waals surface area contributed by atoms with Crippen molar-refractivity contribution in [1.29, 1.82) is 0 Å². The third-order valence-corrected chi connectivity index (χ3v) is 3.36. The van der Waals surface area contributed by atoms with Crippen LogP contribution in [0.3, 0.4) is 0 Å². The molecule has 1 aromatic heterocycles. The Balaban J connectivity index is 2.09. The van der Waals surface area contributed by atoms with Crippen LogP contribution in [0.15, 0.2) is 24.3 Å². The molecule has 0 bridgehead atoms. The SMILES string of the molecule is Cc1cccc(C(=O)NCc2c(C)nn(C)c2C)c1. The lowest BCUT2D eigenvalue weighted by molar-refractivity contribution is 0.0950. The number of benzene rings is 1. The van der Waals surface area contributed by atoms with Gasteiger partial charge in [-0.3, -0.25) is 9.48 Å². The minimum Gasteiger partial charge on any atom is -0.348 e. The Labute approximate surface area is 113 Å². The first-order valence-corrected chi connectivity index (χ1v) is 6.33. The maximum atomic E-state index is 12.1. The van der Waals surface area contributed by atoms with Gasteiger partial charge in [0.05, 0.1) is 5.69 Å². The summed E-state index contributed by atoms with van der Waals surface area (Å²) in [4.78, 5) is 12.1. The molecule has 2 rings (SSSR count). The van der Waals surface area contributed by atoms with Crippen molar-refractivity contribution in [2.75, 3.05) is 0 Å². The van der Waals surface area contributed by atoms with Gasteiger partial charge >= 0.3 is 0 Å². The molecule has 4 heteroatoms. The summed E-state index contributed by atoms with van der Waals surface area (Å²) < 4.78 is 1.84. The maximum absolute atomic E-state index is 12.1. The smallest absolute Gasteiger partial charge is 0.251 e. The predicted molar refractivity (Wildman–Crippen MR) is 75.0 cm³/mol. The summed E-state index contributed by atoms with van der Waals surface area (Å²) >= 11 is 0. The third-order valence-electron chi connectivity index (χ3n) is 3.36. The van der Waals surface area contributed by atoms with Gasteiger partial charge in [0.15, 0.2) is 0 Å². The second kappa shape index (κ2) is 5.26. The predicted octanol–water partition coefficient (Wildman–Crippen LogP) is 2.28. The van der Waals surface area contributed by atoms with Gasteiger partial charge in [0.25, 0.3) is 5.91 Å². The third kappa shape index (κ3) is 2.84. The van der Waals surface area contributed by atoms with E-state index < -0.39 is 0 Å². The fourth-order valence-electron chi connectivity index (χ4n) is 2.13. The molecular weight excluding hydrogens is 238 g/mol. The molecule has 1 heterocycles. The topological polar surface area (TPSA) is 46.9 Å². The molecule has 0 atom stereocenters. The number of aromatic nitrogens is 2. The number of hydrogen-bond donors (Lipinski definition) is 1. The second-order valence-electron chi connectivity index (χ2n) is 4.83. The van der Waals surface area contributed by atoms with Crippen molar-refractivity contribution in [3.63, 3.8) is 0 Å². The van der Waals surface area contributed by atoms with Crippen LogP contribution in [-0.2, 0) is 13.6 Å². The van der Waals surface area contributed by atoms with Crippen LogP contribution >= 0.6 is 0 Å². The average molecular weight is 257 g/mol. The van der Waals surface area contributed by atoms with Crippen LogP contribution in [0.4, 0.5) is 0 Å². The number of amides is 1. The van der Waals surface area contributed by atoms with Crippen molar-refractivity contribution in [2.45, 2.75) is 27.3 Å². The van der Waals surface area contributed by atoms with E-state index >= 15 is 0 Å². The Morgan fingerprint density at radius 2 is 2.05 bits per heavy atom. The number of carbonyl (C=O) groups is 1. The Morgan fingerprint density at radius 1 is 1.32 bits per heavy atom. The molecule has 0 radical (unpaired) electrons. The van der Waals surface area contributed by atoms with Crippen LogP contribution in [0.2, 0.25) is 0 Å². The van der Waals surface area contributed by atoms with Gasteiger partial charge < -0.3 is 5.32 Å². The molecule has 0 unspecified atom stereocenters. The summed E-state index contributed by atoms with van der Waals surface area (Å²) in [6.45, 7) is 6.46. The molecule has 4 nitrogen and oxygen atoms in total. The highest BCUT2D eigenvalue weighted by Gasteiger charge is 2.11. The lowest BCUT2D eigenvalue weighted by Gasteiger charge is -2.06. The molecule has 0 aliphatic carbocycles. The van der Waals surface area contributed by atoms with Crippen LogP contribution in [0.1, 0.15) is 32.9 Å². The van der Waals surface area contributed by atoms with Crippen molar-refractivity contribution in [3.05, 3.63) is 52.3 Å². The van der Waals surface area contributed by atoms with Crippen molar-refractivity contribution in [3.8, 4) is 0 Å². The second-order valence-corrected chi connectivity index (χ2v) is 4.83. The number of aryl methyl sites for hydroxylation is 3. The summed E-state index contributed by atoms with van der Waals surface area (Å²) in [6, 6.07) is 7.58. The molecule has 0 aliphatic heterocycles. The van der Waals surface area contributed by atoms with Crippen molar-refractivity contribution < 1.29 is 4.79 Å². The average Bonchev–Trinajstić information content (AvgIpc) is 2.61. The molecule has 1 amide bonds. The summed E-state index contributed by atoms with van der Waals surface area (Å²) in [5.74, 6) is -0.0497. The summed E-state index contributed by atoms with van der Waals surface area (Å²) in [5.41, 5.74) is 4.91. The Bertz CT molecular complexity index is 614. The van der Waals surface area contributed by atoms with Crippen LogP contribution in [0, 0.1) is 20.8 Å². The summed E-state index contributed by atoms with van der Waals surface area (Å²) in [5, 5.41) is 7.29. The number of nitrogens with one attached hydrogen (secondary N) is 1. The molecule has 2 aromatic rings. The fourth-order valence-corrected chi connectivity index (χ4v) is 2.13. The lowest BCUT2D eigenvalue weighted by Crippen LogP contribution is -2.23. The minimum atomic E-state index is -0.0497. The highest BCUT2D eigenvalue weighted by atomic mass is 16.1. The van der Waals surface area contributed by atoms with Crippen LogP contribution in [-0.4, -0.2) is 15.7 Å². The Kier molecular flexibility index (Phi) is 3.69. The molecule has 0 spiro atoms. The van der Waals surface area contributed by atoms with E-state index in [0.29, 0.717) is 12.1 Å². The number of nitrogens with zero attached hydrogens (tertiary/aromatic N) is 2. The molecule has 1 aromatic carbocycles. The first-order valence-electron chi connectivity index (χ1n) is 6.33. The Morgan fingerprint density at radius 3 is 2.63 bits per heavy atom. The van der Waals surface area contributed by atoms with E-state index in [4.69, 9.17) is 0 Å². The number of hydrogen-bond acceptors (Lipinski definition) is 2. The summed E-state index contributed by atoms with van der Waals surface area (Å²) in [7, 11) is 1.91. The molecule has 0 saturated heterocycles. The van der Waals surface area contributed by atoms with Gasteiger partial charge in [-0.1, -0.05) is 17.7 Å². The van der Waals surface area contributed by atoms with Gasteiger partial charge in [-0.2, -0.15) is 5.10 Å². The normalized spacial score (nSPS) is 10.5. The van der Waals surface area contributed by atoms with E-state index in [-0.39, 0.29) is 5.91 Å². The zero-order valence-corrected chi connectivity index (χ0v) is 11.8. The van der Waals surface area contributed by atoms with Gasteiger partial charge in [-0.05, 0) is 32.9 Å². The highest BCUT2D eigenvalue weighted by molar-refractivity contribution is 5.94. The fraction of sp³-hybridized carbons (Fsp3) is 0.333. The number of rotatable bonds is 3. The van der Waals surface area contributed by atoms with E-state index in [1.807, 2.05) is 56.8 Å². The minimum absolute atomic E-state index is 0.0497. The van der Waals surface area contributed by atoms with Crippen molar-refractivity contribution in [1.82, 2.24) is 15.1 Å². The molecule has 0 fully saturated rings. The molecular formula is C15H19N3O. The van der Waals surface area contributed by atoms with E-state index in [9.17, 15) is 4.79 Å². The van der Waals surface area contributed by atoms with Gasteiger partial charge in [0.1, 0.15) is 0 Å². The summed E-state index contributed by atoms with van der Waals surface area (Å²) in [6.07, 6.45) is 0.